The van der Waals surface area contributed by atoms with Crippen LogP contribution < -0.4 is 10.9 Å². The number of nitrogens with zero attached hydrogens (tertiary/aromatic N) is 1. The minimum Gasteiger partial charge on any atom is -0.373 e. The first-order chi connectivity index (χ1) is 13.0. The predicted molar refractivity (Wildman–Crippen MR) is 103 cm³/mol. The zero-order chi connectivity index (χ0) is 19.0. The molecule has 0 unspecified atom stereocenters. The summed E-state index contributed by atoms with van der Waals surface area (Å²) in [6, 6.07) is 8.15. The van der Waals surface area contributed by atoms with Crippen molar-refractivity contribution in [3.8, 4) is 0 Å². The number of nitrogens with one attached hydrogen (secondary N) is 3. The summed E-state index contributed by atoms with van der Waals surface area (Å²) in [6.07, 6.45) is 0.979. The van der Waals surface area contributed by atoms with Crippen LogP contribution in [-0.2, 0) is 9.53 Å². The number of carbonyl (C=O) groups is 1. The van der Waals surface area contributed by atoms with Crippen molar-refractivity contribution >= 4 is 46.0 Å². The average Bonchev–Trinajstić information content (AvgIpc) is 3.03. The van der Waals surface area contributed by atoms with Gasteiger partial charge in [-0.15, -0.1) is 0 Å². The number of fused-ring (bicyclic) bond motifs is 1. The second-order valence-electron chi connectivity index (χ2n) is 6.38. The van der Waals surface area contributed by atoms with Gasteiger partial charge in [0.1, 0.15) is 5.82 Å². The normalized spacial score (nSPS) is 19.9. The second-order valence-corrected chi connectivity index (χ2v) is 7.22. The summed E-state index contributed by atoms with van der Waals surface area (Å²) in [5.41, 5.74) is 0.861. The predicted octanol–water partition coefficient (Wildman–Crippen LogP) is 3.66. The molecular weight excluding hydrogens is 391 g/mol. The van der Waals surface area contributed by atoms with Crippen molar-refractivity contribution in [2.24, 2.45) is 5.92 Å². The van der Waals surface area contributed by atoms with Gasteiger partial charge in [0, 0.05) is 28.3 Å². The van der Waals surface area contributed by atoms with Gasteiger partial charge in [0.25, 0.3) is 0 Å². The van der Waals surface area contributed by atoms with Crippen molar-refractivity contribution in [1.82, 2.24) is 15.2 Å². The number of anilines is 1. The number of rotatable bonds is 3. The lowest BCUT2D eigenvalue weighted by molar-refractivity contribution is -0.129. The smallest absolute Gasteiger partial charge is 0.249 e. The highest BCUT2D eigenvalue weighted by Crippen LogP contribution is 2.38. The lowest BCUT2D eigenvalue weighted by Gasteiger charge is -2.31. The molecule has 2 aromatic heterocycles. The van der Waals surface area contributed by atoms with Crippen LogP contribution in [0.25, 0.3) is 11.0 Å². The number of carbonyl (C=O) groups excluding carboxylic acids is 1. The maximum absolute atomic E-state index is 13.0. The number of hydrogen-bond acceptors (Lipinski definition) is 4. The lowest BCUT2D eigenvalue weighted by Crippen LogP contribution is -2.33. The molecule has 7 nitrogen and oxygen atoms in total. The fourth-order valence-electron chi connectivity index (χ4n) is 3.33. The van der Waals surface area contributed by atoms with Crippen molar-refractivity contribution in [2.75, 3.05) is 11.9 Å². The molecule has 0 bridgehead atoms. The highest BCUT2D eigenvalue weighted by molar-refractivity contribution is 6.35. The molecule has 27 heavy (non-hydrogen) atoms. The van der Waals surface area contributed by atoms with E-state index in [-0.39, 0.29) is 11.5 Å². The zero-order valence-electron chi connectivity index (χ0n) is 14.1. The van der Waals surface area contributed by atoms with E-state index in [2.05, 4.69) is 20.5 Å². The van der Waals surface area contributed by atoms with Crippen LogP contribution in [0.15, 0.2) is 35.1 Å². The van der Waals surface area contributed by atoms with Gasteiger partial charge in [-0.1, -0.05) is 29.3 Å². The van der Waals surface area contributed by atoms with Gasteiger partial charge in [-0.05, 0) is 31.0 Å². The molecule has 1 aromatic carbocycles. The minimum absolute atomic E-state index is 0.206. The first-order valence-corrected chi connectivity index (χ1v) is 9.23. The van der Waals surface area contributed by atoms with Crippen molar-refractivity contribution in [3.05, 3.63) is 56.3 Å². The third kappa shape index (κ3) is 3.58. The van der Waals surface area contributed by atoms with E-state index in [0.29, 0.717) is 39.9 Å². The standard InChI is InChI=1S/C18H16Cl2N4O3/c19-9-3-4-10(13(20)8-9)15-11(2-1-7-27-15)18(26)22-17-12-5-6-14(25)21-16(12)23-24-17/h3-6,8,11,15H,1-2,7H2,(H3,21,22,23,24,25,26)/t11-,15+/m1/s1. The maximum atomic E-state index is 13.0. The third-order valence-electron chi connectivity index (χ3n) is 4.62. The molecule has 2 atom stereocenters. The molecule has 3 heterocycles. The quantitative estimate of drug-likeness (QED) is 0.617. The van der Waals surface area contributed by atoms with E-state index in [9.17, 15) is 9.59 Å². The number of pyridine rings is 1. The van der Waals surface area contributed by atoms with E-state index < -0.39 is 12.0 Å². The van der Waals surface area contributed by atoms with Gasteiger partial charge in [0.15, 0.2) is 5.65 Å². The molecular formula is C18H16Cl2N4O3. The molecule has 140 valence electrons. The summed E-state index contributed by atoms with van der Waals surface area (Å²) < 4.78 is 5.88. The number of H-pyrrole nitrogens is 2. The number of aromatic amines is 2. The van der Waals surface area contributed by atoms with Crippen molar-refractivity contribution in [3.63, 3.8) is 0 Å². The first-order valence-electron chi connectivity index (χ1n) is 8.48. The van der Waals surface area contributed by atoms with Gasteiger partial charge in [-0.3, -0.25) is 14.7 Å². The van der Waals surface area contributed by atoms with Gasteiger partial charge in [0.2, 0.25) is 11.5 Å². The van der Waals surface area contributed by atoms with Crippen LogP contribution in [0.2, 0.25) is 10.0 Å². The summed E-state index contributed by atoms with van der Waals surface area (Å²) >= 11 is 12.3. The second kappa shape index (κ2) is 7.34. The van der Waals surface area contributed by atoms with Crippen molar-refractivity contribution in [2.45, 2.75) is 18.9 Å². The SMILES string of the molecule is O=C(Nc1[nH]nc2[nH]c(=O)ccc12)[C@@H]1CCCO[C@H]1c1ccc(Cl)cc1Cl. The Hall–Kier alpha value is -2.35. The van der Waals surface area contributed by atoms with E-state index in [1.165, 1.54) is 6.07 Å². The van der Waals surface area contributed by atoms with Gasteiger partial charge >= 0.3 is 0 Å². The third-order valence-corrected chi connectivity index (χ3v) is 5.19. The van der Waals surface area contributed by atoms with E-state index >= 15 is 0 Å². The summed E-state index contributed by atoms with van der Waals surface area (Å²) in [5.74, 6) is -0.196. The Bertz CT molecular complexity index is 1060. The lowest BCUT2D eigenvalue weighted by atomic mass is 9.88. The Morgan fingerprint density at radius 1 is 1.26 bits per heavy atom. The average molecular weight is 407 g/mol. The Morgan fingerprint density at radius 2 is 2.11 bits per heavy atom. The van der Waals surface area contributed by atoms with Crippen molar-refractivity contribution in [1.29, 1.82) is 0 Å². The van der Waals surface area contributed by atoms with Crippen LogP contribution >= 0.6 is 23.2 Å². The summed E-state index contributed by atoms with van der Waals surface area (Å²) in [6.45, 7) is 0.557. The van der Waals surface area contributed by atoms with Crippen LogP contribution in [0.4, 0.5) is 5.82 Å². The number of halogens is 2. The fraction of sp³-hybridized carbons (Fsp3) is 0.278. The van der Waals surface area contributed by atoms with E-state index in [1.807, 2.05) is 0 Å². The zero-order valence-corrected chi connectivity index (χ0v) is 15.6. The van der Waals surface area contributed by atoms with E-state index in [0.717, 1.165) is 12.0 Å². The van der Waals surface area contributed by atoms with Gasteiger partial charge < -0.3 is 15.0 Å². The summed E-state index contributed by atoms with van der Waals surface area (Å²) in [7, 11) is 0. The van der Waals surface area contributed by atoms with Gasteiger partial charge in [-0.2, -0.15) is 5.10 Å². The van der Waals surface area contributed by atoms with Crippen LogP contribution in [0.1, 0.15) is 24.5 Å². The summed E-state index contributed by atoms with van der Waals surface area (Å²) in [5, 5.41) is 11.2. The minimum atomic E-state index is -0.461. The molecule has 1 aliphatic heterocycles. The molecule has 3 N–H and O–H groups in total. The van der Waals surface area contributed by atoms with Gasteiger partial charge in [-0.25, -0.2) is 0 Å². The van der Waals surface area contributed by atoms with Gasteiger partial charge in [0.05, 0.1) is 17.4 Å². The molecule has 4 rings (SSSR count). The number of ether oxygens (including phenoxy) is 1. The molecule has 0 aliphatic carbocycles. The highest BCUT2D eigenvalue weighted by Gasteiger charge is 2.34. The molecule has 0 saturated carbocycles. The largest absolute Gasteiger partial charge is 0.373 e. The Balaban J connectivity index is 1.61. The van der Waals surface area contributed by atoms with Crippen LogP contribution in [0.5, 0.6) is 0 Å². The topological polar surface area (TPSA) is 99.9 Å². The molecule has 1 saturated heterocycles. The molecule has 1 fully saturated rings. The Kier molecular flexibility index (Phi) is 4.90. The van der Waals surface area contributed by atoms with Crippen LogP contribution in [0.3, 0.4) is 0 Å². The number of aromatic nitrogens is 3. The van der Waals surface area contributed by atoms with Crippen molar-refractivity contribution < 1.29 is 9.53 Å². The van der Waals surface area contributed by atoms with E-state index in [1.54, 1.807) is 24.3 Å². The number of amides is 1. The number of benzene rings is 1. The summed E-state index contributed by atoms with van der Waals surface area (Å²) in [4.78, 5) is 26.9. The molecule has 1 amide bonds. The Labute approximate surface area is 164 Å². The molecule has 9 heteroatoms. The molecule has 0 radical (unpaired) electrons. The molecule has 3 aromatic rings. The highest BCUT2D eigenvalue weighted by atomic mass is 35.5. The van der Waals surface area contributed by atoms with E-state index in [4.69, 9.17) is 27.9 Å². The fourth-order valence-corrected chi connectivity index (χ4v) is 3.84. The molecule has 1 aliphatic rings. The maximum Gasteiger partial charge on any atom is 0.249 e. The first kappa shape index (κ1) is 18.0. The Morgan fingerprint density at radius 3 is 2.93 bits per heavy atom. The molecule has 0 spiro atoms. The number of hydrogen-bond donors (Lipinski definition) is 3. The van der Waals surface area contributed by atoms with Crippen LogP contribution in [0, 0.1) is 5.92 Å². The van der Waals surface area contributed by atoms with Crippen LogP contribution in [-0.4, -0.2) is 27.7 Å². The monoisotopic (exact) mass is 406 g/mol.